The molecule has 1 aliphatic heterocycles. The number of rotatable bonds is 7. The van der Waals surface area contributed by atoms with E-state index in [-0.39, 0.29) is 17.5 Å². The zero-order valence-corrected chi connectivity index (χ0v) is 16.0. The van der Waals surface area contributed by atoms with Crippen LogP contribution in [-0.4, -0.2) is 57.1 Å². The molecule has 7 nitrogen and oxygen atoms in total. The fourth-order valence-corrected chi connectivity index (χ4v) is 3.86. The number of ether oxygens (including phenoxy) is 1. The summed E-state index contributed by atoms with van der Waals surface area (Å²) < 4.78 is 7.13. The number of nitrogens with zero attached hydrogens (tertiary/aromatic N) is 3. The van der Waals surface area contributed by atoms with E-state index < -0.39 is 5.97 Å². The van der Waals surface area contributed by atoms with E-state index >= 15 is 0 Å². The molecule has 0 atom stereocenters. The second-order valence-electron chi connectivity index (χ2n) is 6.32. The lowest BCUT2D eigenvalue weighted by Gasteiger charge is -2.32. The highest BCUT2D eigenvalue weighted by molar-refractivity contribution is 8.00. The summed E-state index contributed by atoms with van der Waals surface area (Å²) in [4.78, 5) is 26.3. The molecule has 0 aliphatic carbocycles. The SMILES string of the molecule is CCOc1ccc(SCC(=O)N2CCC(n3cc(C(=O)O)cn3)CC2)cc1. The summed E-state index contributed by atoms with van der Waals surface area (Å²) in [6.45, 7) is 3.91. The summed E-state index contributed by atoms with van der Waals surface area (Å²) >= 11 is 1.52. The van der Waals surface area contributed by atoms with Crippen molar-refractivity contribution in [1.82, 2.24) is 14.7 Å². The van der Waals surface area contributed by atoms with E-state index in [0.29, 0.717) is 25.4 Å². The number of carbonyl (C=O) groups is 2. The molecule has 0 unspecified atom stereocenters. The highest BCUT2D eigenvalue weighted by Crippen LogP contribution is 2.25. The van der Waals surface area contributed by atoms with E-state index in [1.807, 2.05) is 36.1 Å². The first kappa shape index (κ1) is 19.3. The topological polar surface area (TPSA) is 84.7 Å². The van der Waals surface area contributed by atoms with Gasteiger partial charge in [-0.3, -0.25) is 9.48 Å². The quantitative estimate of drug-likeness (QED) is 0.733. The van der Waals surface area contributed by atoms with E-state index in [1.165, 1.54) is 18.0 Å². The molecule has 1 aromatic carbocycles. The molecule has 0 spiro atoms. The lowest BCUT2D eigenvalue weighted by atomic mass is 10.1. The Kier molecular flexibility index (Phi) is 6.39. The van der Waals surface area contributed by atoms with Gasteiger partial charge in [0.15, 0.2) is 0 Å². The maximum atomic E-state index is 12.5. The first-order valence-corrected chi connectivity index (χ1v) is 9.96. The number of aromatic nitrogens is 2. The number of piperidine rings is 1. The summed E-state index contributed by atoms with van der Waals surface area (Å²) in [5.41, 5.74) is 0.195. The molecule has 1 aliphatic rings. The molecule has 2 aromatic rings. The number of carboxylic acid groups (broad SMARTS) is 1. The number of aromatic carboxylic acids is 1. The summed E-state index contributed by atoms with van der Waals surface area (Å²) in [5.74, 6) is 0.392. The van der Waals surface area contributed by atoms with Gasteiger partial charge in [-0.15, -0.1) is 11.8 Å². The van der Waals surface area contributed by atoms with Crippen molar-refractivity contribution >= 4 is 23.6 Å². The van der Waals surface area contributed by atoms with Gasteiger partial charge in [-0.05, 0) is 44.0 Å². The fourth-order valence-electron chi connectivity index (χ4n) is 3.06. The predicted molar refractivity (Wildman–Crippen MR) is 102 cm³/mol. The molecular formula is C19H23N3O4S. The lowest BCUT2D eigenvalue weighted by molar-refractivity contribution is -0.129. The minimum absolute atomic E-state index is 0.124. The van der Waals surface area contributed by atoms with Crippen LogP contribution in [0.4, 0.5) is 0 Å². The zero-order valence-electron chi connectivity index (χ0n) is 15.2. The van der Waals surface area contributed by atoms with Crippen molar-refractivity contribution in [3.63, 3.8) is 0 Å². The number of hydrogen-bond donors (Lipinski definition) is 1. The van der Waals surface area contributed by atoms with Crippen LogP contribution in [-0.2, 0) is 4.79 Å². The van der Waals surface area contributed by atoms with Gasteiger partial charge >= 0.3 is 5.97 Å². The highest BCUT2D eigenvalue weighted by Gasteiger charge is 2.24. The van der Waals surface area contributed by atoms with Crippen LogP contribution in [0.25, 0.3) is 0 Å². The number of carboxylic acids is 1. The molecule has 1 saturated heterocycles. The zero-order chi connectivity index (χ0) is 19.2. The third-order valence-corrected chi connectivity index (χ3v) is 5.53. The molecule has 0 radical (unpaired) electrons. The molecule has 27 heavy (non-hydrogen) atoms. The molecule has 0 bridgehead atoms. The number of hydrogen-bond acceptors (Lipinski definition) is 5. The van der Waals surface area contributed by atoms with E-state index in [9.17, 15) is 9.59 Å². The minimum atomic E-state index is -0.972. The summed E-state index contributed by atoms with van der Waals surface area (Å²) in [6, 6.07) is 7.90. The highest BCUT2D eigenvalue weighted by atomic mass is 32.2. The molecule has 0 saturated carbocycles. The van der Waals surface area contributed by atoms with Gasteiger partial charge in [0.1, 0.15) is 5.75 Å². The molecule has 1 N–H and O–H groups in total. The predicted octanol–water partition coefficient (Wildman–Crippen LogP) is 2.94. The Morgan fingerprint density at radius 1 is 1.26 bits per heavy atom. The Labute approximate surface area is 162 Å². The van der Waals surface area contributed by atoms with E-state index in [4.69, 9.17) is 9.84 Å². The number of thioether (sulfide) groups is 1. The smallest absolute Gasteiger partial charge is 0.338 e. The summed E-state index contributed by atoms with van der Waals surface area (Å²) in [6.07, 6.45) is 4.49. The van der Waals surface area contributed by atoms with Crippen LogP contribution < -0.4 is 4.74 Å². The minimum Gasteiger partial charge on any atom is -0.494 e. The number of likely N-dealkylation sites (tertiary alicyclic amines) is 1. The standard InChI is InChI=1S/C19H23N3O4S/c1-2-26-16-3-5-17(6-4-16)27-13-18(23)21-9-7-15(8-10-21)22-12-14(11-20-22)19(24)25/h3-6,11-12,15H,2,7-10,13H2,1H3,(H,24,25). The molecule has 144 valence electrons. The number of carbonyl (C=O) groups excluding carboxylic acids is 1. The Hall–Kier alpha value is -2.48. The Morgan fingerprint density at radius 3 is 2.56 bits per heavy atom. The second-order valence-corrected chi connectivity index (χ2v) is 7.37. The van der Waals surface area contributed by atoms with Gasteiger partial charge in [0.25, 0.3) is 0 Å². The van der Waals surface area contributed by atoms with Gasteiger partial charge in [-0.25, -0.2) is 4.79 Å². The number of benzene rings is 1. The molecule has 8 heteroatoms. The molecule has 3 rings (SSSR count). The third-order valence-electron chi connectivity index (χ3n) is 4.54. The van der Waals surface area contributed by atoms with Gasteiger partial charge in [0.2, 0.25) is 5.91 Å². The molecule has 1 aromatic heterocycles. The average Bonchev–Trinajstić information content (AvgIpc) is 3.18. The van der Waals surface area contributed by atoms with Crippen molar-refractivity contribution in [2.75, 3.05) is 25.4 Å². The van der Waals surface area contributed by atoms with Crippen LogP contribution in [0.15, 0.2) is 41.6 Å². The first-order chi connectivity index (χ1) is 13.1. The Morgan fingerprint density at radius 2 is 1.96 bits per heavy atom. The third kappa shape index (κ3) is 5.03. The first-order valence-electron chi connectivity index (χ1n) is 8.97. The lowest BCUT2D eigenvalue weighted by Crippen LogP contribution is -2.40. The van der Waals surface area contributed by atoms with Crippen LogP contribution in [0.5, 0.6) is 5.75 Å². The number of amides is 1. The molecule has 1 fully saturated rings. The van der Waals surface area contributed by atoms with Crippen molar-refractivity contribution in [2.45, 2.75) is 30.7 Å². The van der Waals surface area contributed by atoms with Crippen LogP contribution in [0, 0.1) is 0 Å². The van der Waals surface area contributed by atoms with Crippen molar-refractivity contribution in [3.05, 3.63) is 42.2 Å². The normalized spacial score (nSPS) is 14.9. The second kappa shape index (κ2) is 8.94. The molecule has 1 amide bonds. The van der Waals surface area contributed by atoms with Crippen LogP contribution in [0.2, 0.25) is 0 Å². The maximum absolute atomic E-state index is 12.5. The van der Waals surface area contributed by atoms with E-state index in [0.717, 1.165) is 23.5 Å². The molecule has 2 heterocycles. The van der Waals surface area contributed by atoms with Gasteiger partial charge < -0.3 is 14.7 Å². The van der Waals surface area contributed by atoms with Gasteiger partial charge in [-0.1, -0.05) is 0 Å². The van der Waals surface area contributed by atoms with Crippen LogP contribution in [0.1, 0.15) is 36.2 Å². The Balaban J connectivity index is 1.45. The van der Waals surface area contributed by atoms with Crippen molar-refractivity contribution in [1.29, 1.82) is 0 Å². The molecular weight excluding hydrogens is 366 g/mol. The van der Waals surface area contributed by atoms with Gasteiger partial charge in [-0.2, -0.15) is 5.10 Å². The van der Waals surface area contributed by atoms with Crippen molar-refractivity contribution in [2.24, 2.45) is 0 Å². The maximum Gasteiger partial charge on any atom is 0.338 e. The largest absolute Gasteiger partial charge is 0.494 e. The summed E-state index contributed by atoms with van der Waals surface area (Å²) in [5, 5.41) is 13.1. The van der Waals surface area contributed by atoms with Crippen LogP contribution >= 0.6 is 11.8 Å². The monoisotopic (exact) mass is 389 g/mol. The van der Waals surface area contributed by atoms with Gasteiger partial charge in [0.05, 0.1) is 30.2 Å². The van der Waals surface area contributed by atoms with Crippen molar-refractivity contribution < 1.29 is 19.4 Å². The van der Waals surface area contributed by atoms with E-state index in [1.54, 1.807) is 10.9 Å². The van der Waals surface area contributed by atoms with Crippen molar-refractivity contribution in [3.8, 4) is 5.75 Å². The van der Waals surface area contributed by atoms with Gasteiger partial charge in [0, 0.05) is 24.2 Å². The van der Waals surface area contributed by atoms with E-state index in [2.05, 4.69) is 5.10 Å². The average molecular weight is 389 g/mol. The Bertz CT molecular complexity index is 783. The fraction of sp³-hybridized carbons (Fsp3) is 0.421. The van der Waals surface area contributed by atoms with Crippen LogP contribution in [0.3, 0.4) is 0 Å². The summed E-state index contributed by atoms with van der Waals surface area (Å²) in [7, 11) is 0.